The number of aryl methyl sites for hydroxylation is 1. The maximum Gasteiger partial charge on any atom is 0.362 e. The molecule has 0 amide bonds. The Morgan fingerprint density at radius 3 is 2.84 bits per heavy atom. The predicted octanol–water partition coefficient (Wildman–Crippen LogP) is 1.72. The molecule has 0 radical (unpaired) electrons. The molecule has 1 heterocycles. The molecular weight excluding hydrogens is 244 g/mol. The van der Waals surface area contributed by atoms with Crippen molar-refractivity contribution in [2.75, 3.05) is 6.61 Å². The predicted molar refractivity (Wildman–Crippen MR) is 70.5 cm³/mol. The summed E-state index contributed by atoms with van der Waals surface area (Å²) >= 11 is 0. The molecule has 0 aliphatic rings. The molecule has 0 N–H and O–H groups in total. The molecule has 0 spiro atoms. The van der Waals surface area contributed by atoms with Crippen LogP contribution in [0.5, 0.6) is 0 Å². The summed E-state index contributed by atoms with van der Waals surface area (Å²) in [5, 5.41) is 4.03. The minimum Gasteiger partial charge on any atom is -0.461 e. The first kappa shape index (κ1) is 13.0. The Balaban J connectivity index is 2.47. The van der Waals surface area contributed by atoms with Crippen molar-refractivity contribution in [3.8, 4) is 5.69 Å². The largest absolute Gasteiger partial charge is 0.461 e. The molecule has 19 heavy (non-hydrogen) atoms. The Labute approximate surface area is 110 Å². The maximum atomic E-state index is 11.6. The summed E-state index contributed by atoms with van der Waals surface area (Å²) in [7, 11) is 0. The molecule has 1 aromatic carbocycles. The van der Waals surface area contributed by atoms with Crippen LogP contribution in [0.1, 0.15) is 23.0 Å². The number of hydrogen-bond acceptors (Lipinski definition) is 4. The lowest BCUT2D eigenvalue weighted by Gasteiger charge is -2.07. The molecule has 0 fully saturated rings. The van der Waals surface area contributed by atoms with Crippen molar-refractivity contribution in [2.24, 2.45) is 0 Å². The Morgan fingerprint density at radius 1 is 1.37 bits per heavy atom. The molecule has 0 atom stereocenters. The molecule has 98 valence electrons. The van der Waals surface area contributed by atoms with E-state index in [1.165, 1.54) is 16.9 Å². The summed E-state index contributed by atoms with van der Waals surface area (Å²) in [6.07, 6.45) is 1.53. The SMILES string of the molecule is CCOC(=O)c1nn(-c2cccc(C)c2)ccc1=O. The maximum absolute atomic E-state index is 11.6. The Morgan fingerprint density at radius 2 is 2.16 bits per heavy atom. The van der Waals surface area contributed by atoms with Crippen LogP contribution in [0.4, 0.5) is 0 Å². The number of nitrogens with zero attached hydrogens (tertiary/aromatic N) is 2. The van der Waals surface area contributed by atoms with E-state index < -0.39 is 11.4 Å². The van der Waals surface area contributed by atoms with Gasteiger partial charge >= 0.3 is 5.97 Å². The molecule has 0 saturated carbocycles. The summed E-state index contributed by atoms with van der Waals surface area (Å²) in [5.41, 5.74) is 1.20. The second kappa shape index (κ2) is 5.48. The monoisotopic (exact) mass is 258 g/mol. The lowest BCUT2D eigenvalue weighted by Crippen LogP contribution is -2.22. The minimum atomic E-state index is -0.700. The third-order valence-electron chi connectivity index (χ3n) is 2.54. The van der Waals surface area contributed by atoms with Gasteiger partial charge in [-0.05, 0) is 31.5 Å². The van der Waals surface area contributed by atoms with Gasteiger partial charge in [0, 0.05) is 12.3 Å². The first-order valence-corrected chi connectivity index (χ1v) is 5.96. The van der Waals surface area contributed by atoms with E-state index in [1.807, 2.05) is 31.2 Å². The molecule has 0 aliphatic carbocycles. The van der Waals surface area contributed by atoms with E-state index in [-0.39, 0.29) is 12.3 Å². The van der Waals surface area contributed by atoms with Gasteiger partial charge in [0.05, 0.1) is 12.3 Å². The summed E-state index contributed by atoms with van der Waals surface area (Å²) < 4.78 is 6.30. The van der Waals surface area contributed by atoms with Gasteiger partial charge in [-0.25, -0.2) is 9.48 Å². The van der Waals surface area contributed by atoms with Gasteiger partial charge in [-0.1, -0.05) is 12.1 Å². The Bertz CT molecular complexity index is 662. The number of esters is 1. The smallest absolute Gasteiger partial charge is 0.362 e. The van der Waals surface area contributed by atoms with Crippen LogP contribution in [-0.2, 0) is 4.74 Å². The number of hydrogen-bond donors (Lipinski definition) is 0. The highest BCUT2D eigenvalue weighted by atomic mass is 16.5. The van der Waals surface area contributed by atoms with Crippen LogP contribution < -0.4 is 5.43 Å². The van der Waals surface area contributed by atoms with Crippen LogP contribution >= 0.6 is 0 Å². The van der Waals surface area contributed by atoms with Gasteiger partial charge in [0.25, 0.3) is 0 Å². The molecule has 2 rings (SSSR count). The van der Waals surface area contributed by atoms with E-state index in [9.17, 15) is 9.59 Å². The summed E-state index contributed by atoms with van der Waals surface area (Å²) in [6, 6.07) is 8.90. The van der Waals surface area contributed by atoms with Crippen LogP contribution in [0.15, 0.2) is 41.3 Å². The van der Waals surface area contributed by atoms with E-state index >= 15 is 0 Å². The summed E-state index contributed by atoms with van der Waals surface area (Å²) in [5.74, 6) is -0.700. The van der Waals surface area contributed by atoms with Gasteiger partial charge in [-0.15, -0.1) is 0 Å². The lowest BCUT2D eigenvalue weighted by atomic mass is 10.2. The molecular formula is C14H14N2O3. The van der Waals surface area contributed by atoms with E-state index in [1.54, 1.807) is 6.92 Å². The van der Waals surface area contributed by atoms with Crippen molar-refractivity contribution in [3.05, 3.63) is 58.0 Å². The van der Waals surface area contributed by atoms with Gasteiger partial charge in [-0.2, -0.15) is 5.10 Å². The van der Waals surface area contributed by atoms with E-state index in [4.69, 9.17) is 4.74 Å². The molecule has 0 aliphatic heterocycles. The molecule has 1 aromatic heterocycles. The highest BCUT2D eigenvalue weighted by molar-refractivity contribution is 5.86. The third kappa shape index (κ3) is 2.88. The van der Waals surface area contributed by atoms with Gasteiger partial charge in [0.1, 0.15) is 0 Å². The van der Waals surface area contributed by atoms with Crippen LogP contribution in [-0.4, -0.2) is 22.4 Å². The first-order chi connectivity index (χ1) is 9.11. The second-order valence-electron chi connectivity index (χ2n) is 4.03. The summed E-state index contributed by atoms with van der Waals surface area (Å²) in [6.45, 7) is 3.84. The van der Waals surface area contributed by atoms with Crippen molar-refractivity contribution in [2.45, 2.75) is 13.8 Å². The highest BCUT2D eigenvalue weighted by Crippen LogP contribution is 2.08. The average molecular weight is 258 g/mol. The van der Waals surface area contributed by atoms with Crippen LogP contribution in [0.2, 0.25) is 0 Å². The van der Waals surface area contributed by atoms with E-state index in [0.29, 0.717) is 0 Å². The molecule has 5 nitrogen and oxygen atoms in total. The zero-order valence-electron chi connectivity index (χ0n) is 10.8. The van der Waals surface area contributed by atoms with Crippen molar-refractivity contribution in [3.63, 3.8) is 0 Å². The molecule has 0 saturated heterocycles. The number of ether oxygens (including phenoxy) is 1. The Hall–Kier alpha value is -2.43. The van der Waals surface area contributed by atoms with Crippen LogP contribution in [0.25, 0.3) is 5.69 Å². The number of aromatic nitrogens is 2. The summed E-state index contributed by atoms with van der Waals surface area (Å²) in [4.78, 5) is 23.2. The molecule has 5 heteroatoms. The fourth-order valence-electron chi connectivity index (χ4n) is 1.66. The van der Waals surface area contributed by atoms with Gasteiger partial charge in [0.2, 0.25) is 11.1 Å². The highest BCUT2D eigenvalue weighted by Gasteiger charge is 2.14. The van der Waals surface area contributed by atoms with Crippen molar-refractivity contribution >= 4 is 5.97 Å². The second-order valence-corrected chi connectivity index (χ2v) is 4.03. The first-order valence-electron chi connectivity index (χ1n) is 5.96. The van der Waals surface area contributed by atoms with E-state index in [2.05, 4.69) is 5.10 Å². The fraction of sp³-hybridized carbons (Fsp3) is 0.214. The fourth-order valence-corrected chi connectivity index (χ4v) is 1.66. The van der Waals surface area contributed by atoms with Crippen molar-refractivity contribution in [1.82, 2.24) is 9.78 Å². The Kier molecular flexibility index (Phi) is 3.75. The average Bonchev–Trinajstić information content (AvgIpc) is 2.39. The van der Waals surface area contributed by atoms with Gasteiger partial charge in [0.15, 0.2) is 0 Å². The molecule has 0 unspecified atom stereocenters. The zero-order valence-corrected chi connectivity index (χ0v) is 10.8. The van der Waals surface area contributed by atoms with Crippen LogP contribution in [0.3, 0.4) is 0 Å². The quantitative estimate of drug-likeness (QED) is 0.786. The van der Waals surface area contributed by atoms with E-state index in [0.717, 1.165) is 11.3 Å². The zero-order chi connectivity index (χ0) is 13.8. The van der Waals surface area contributed by atoms with Gasteiger partial charge in [-0.3, -0.25) is 4.79 Å². The molecule has 2 aromatic rings. The van der Waals surface area contributed by atoms with Gasteiger partial charge < -0.3 is 4.74 Å². The van der Waals surface area contributed by atoms with Crippen LogP contribution in [0, 0.1) is 6.92 Å². The number of carbonyl (C=O) groups excluding carboxylic acids is 1. The number of carbonyl (C=O) groups is 1. The third-order valence-corrected chi connectivity index (χ3v) is 2.54. The van der Waals surface area contributed by atoms with Crippen molar-refractivity contribution < 1.29 is 9.53 Å². The number of rotatable bonds is 3. The lowest BCUT2D eigenvalue weighted by molar-refractivity contribution is 0.0515. The number of benzene rings is 1. The topological polar surface area (TPSA) is 61.2 Å². The van der Waals surface area contributed by atoms with Crippen molar-refractivity contribution in [1.29, 1.82) is 0 Å². The minimum absolute atomic E-state index is 0.203. The normalized spacial score (nSPS) is 10.2. The molecule has 0 bridgehead atoms. The standard InChI is InChI=1S/C14H14N2O3/c1-3-19-14(18)13-12(17)7-8-16(15-13)11-6-4-5-10(2)9-11/h4-9H,3H2,1-2H3.